The highest BCUT2D eigenvalue weighted by Crippen LogP contribution is 2.34. The van der Waals surface area contributed by atoms with Crippen molar-refractivity contribution in [1.29, 1.82) is 0 Å². The van der Waals surface area contributed by atoms with Gasteiger partial charge in [0.2, 0.25) is 5.91 Å². The van der Waals surface area contributed by atoms with Crippen LogP contribution in [-0.2, 0) is 4.79 Å². The van der Waals surface area contributed by atoms with Crippen molar-refractivity contribution in [3.05, 3.63) is 0 Å². The zero-order valence-corrected chi connectivity index (χ0v) is 15.1. The van der Waals surface area contributed by atoms with Gasteiger partial charge >= 0.3 is 0 Å². The number of piperazine rings is 1. The molecule has 6 nitrogen and oxygen atoms in total. The van der Waals surface area contributed by atoms with Gasteiger partial charge in [0.1, 0.15) is 0 Å². The minimum Gasteiger partial charge on any atom is -0.353 e. The highest BCUT2D eigenvalue weighted by atomic mass is 16.2. The number of hydrogen-bond acceptors (Lipinski definition) is 3. The van der Waals surface area contributed by atoms with E-state index in [1.165, 1.54) is 19.3 Å². The van der Waals surface area contributed by atoms with E-state index in [9.17, 15) is 4.79 Å². The Kier molecular flexibility index (Phi) is 6.69. The van der Waals surface area contributed by atoms with Gasteiger partial charge in [0, 0.05) is 45.3 Å². The highest BCUT2D eigenvalue weighted by molar-refractivity contribution is 5.81. The molecule has 0 radical (unpaired) electrons. The van der Waals surface area contributed by atoms with E-state index < -0.39 is 0 Å². The number of carbonyl (C=O) groups excluding carboxylic acids is 1. The molecule has 2 aliphatic rings. The third-order valence-electron chi connectivity index (χ3n) is 4.60. The van der Waals surface area contributed by atoms with E-state index in [2.05, 4.69) is 32.3 Å². The number of aliphatic imine (C=N–C) groups is 1. The van der Waals surface area contributed by atoms with Gasteiger partial charge < -0.3 is 15.5 Å². The lowest BCUT2D eigenvalue weighted by Crippen LogP contribution is -2.54. The first-order valence-electron chi connectivity index (χ1n) is 9.03. The molecule has 6 heteroatoms. The van der Waals surface area contributed by atoms with Crippen molar-refractivity contribution in [1.82, 2.24) is 20.4 Å². The molecular weight excluding hydrogens is 290 g/mol. The van der Waals surface area contributed by atoms with Crippen LogP contribution in [0, 0.1) is 5.92 Å². The van der Waals surface area contributed by atoms with Crippen molar-refractivity contribution in [2.24, 2.45) is 10.9 Å². The minimum atomic E-state index is 0.122. The molecule has 0 aromatic rings. The Morgan fingerprint density at radius 1 is 1.26 bits per heavy atom. The second-order valence-electron chi connectivity index (χ2n) is 7.07. The highest BCUT2D eigenvalue weighted by Gasteiger charge is 2.37. The van der Waals surface area contributed by atoms with Gasteiger partial charge in [-0.3, -0.25) is 14.7 Å². The van der Waals surface area contributed by atoms with Gasteiger partial charge in [-0.25, -0.2) is 0 Å². The third-order valence-corrected chi connectivity index (χ3v) is 4.60. The lowest BCUT2D eigenvalue weighted by atomic mass is 10.2. The average Bonchev–Trinajstić information content (AvgIpc) is 3.23. The molecule has 0 aromatic heterocycles. The molecule has 2 atom stereocenters. The fraction of sp³-hybridized carbons (Fsp3) is 0.882. The zero-order chi connectivity index (χ0) is 16.8. The normalized spacial score (nSPS) is 25.6. The monoisotopic (exact) mass is 323 g/mol. The summed E-state index contributed by atoms with van der Waals surface area (Å²) in [5.74, 6) is 1.98. The molecule has 1 saturated heterocycles. The summed E-state index contributed by atoms with van der Waals surface area (Å²) in [4.78, 5) is 20.8. The molecule has 1 aliphatic carbocycles. The van der Waals surface area contributed by atoms with Gasteiger partial charge in [-0.15, -0.1) is 0 Å². The quantitative estimate of drug-likeness (QED) is 0.563. The lowest BCUT2D eigenvalue weighted by Gasteiger charge is -2.36. The summed E-state index contributed by atoms with van der Waals surface area (Å²) in [5, 5.41) is 6.56. The average molecular weight is 323 g/mol. The Labute approximate surface area is 140 Å². The van der Waals surface area contributed by atoms with Crippen molar-refractivity contribution in [3.8, 4) is 0 Å². The van der Waals surface area contributed by atoms with Gasteiger partial charge in [0.05, 0.1) is 6.54 Å². The largest absolute Gasteiger partial charge is 0.353 e. The van der Waals surface area contributed by atoms with Crippen LogP contribution in [0.4, 0.5) is 0 Å². The molecule has 2 rings (SSSR count). The maximum absolute atomic E-state index is 11.8. The fourth-order valence-electron chi connectivity index (χ4n) is 3.27. The fourth-order valence-corrected chi connectivity index (χ4v) is 3.27. The van der Waals surface area contributed by atoms with Crippen molar-refractivity contribution >= 4 is 11.9 Å². The molecular formula is C17H33N5O. The van der Waals surface area contributed by atoms with Crippen molar-refractivity contribution in [2.45, 2.75) is 52.1 Å². The topological polar surface area (TPSA) is 60.0 Å². The van der Waals surface area contributed by atoms with E-state index in [-0.39, 0.29) is 11.9 Å². The first-order chi connectivity index (χ1) is 11.0. The van der Waals surface area contributed by atoms with E-state index in [1.807, 2.05) is 20.9 Å². The third kappa shape index (κ3) is 5.68. The number of nitrogens with zero attached hydrogens (tertiary/aromatic N) is 3. The van der Waals surface area contributed by atoms with Gasteiger partial charge in [-0.05, 0) is 32.6 Å². The second kappa shape index (κ2) is 8.52. The summed E-state index contributed by atoms with van der Waals surface area (Å²) in [5.41, 5.74) is 0. The van der Waals surface area contributed by atoms with Crippen LogP contribution in [0.15, 0.2) is 4.99 Å². The van der Waals surface area contributed by atoms with Crippen LogP contribution in [0.25, 0.3) is 0 Å². The number of hydrogen-bond donors (Lipinski definition) is 2. The van der Waals surface area contributed by atoms with Gasteiger partial charge in [-0.2, -0.15) is 0 Å². The van der Waals surface area contributed by atoms with Gasteiger partial charge in [-0.1, -0.05) is 13.3 Å². The van der Waals surface area contributed by atoms with Crippen molar-refractivity contribution < 1.29 is 4.79 Å². The standard InChI is InChI=1S/C17H33N5O/c1-5-6-14-11-15(14)20-17(18-4)22-9-7-21(8-10-22)12-16(23)19-13(2)3/h13-15H,5-12H2,1-4H3,(H,18,20)(H,19,23). The molecule has 2 fully saturated rings. The minimum absolute atomic E-state index is 0.122. The number of amides is 1. The first kappa shape index (κ1) is 18.0. The summed E-state index contributed by atoms with van der Waals surface area (Å²) in [6.45, 7) is 10.4. The van der Waals surface area contributed by atoms with Crippen LogP contribution in [0.3, 0.4) is 0 Å². The Bertz CT molecular complexity index is 415. The summed E-state index contributed by atoms with van der Waals surface area (Å²) in [6, 6.07) is 0.824. The summed E-state index contributed by atoms with van der Waals surface area (Å²) in [6.07, 6.45) is 3.86. The smallest absolute Gasteiger partial charge is 0.234 e. The summed E-state index contributed by atoms with van der Waals surface area (Å²) >= 11 is 0. The molecule has 2 N–H and O–H groups in total. The Morgan fingerprint density at radius 3 is 2.52 bits per heavy atom. The van der Waals surface area contributed by atoms with E-state index in [0.29, 0.717) is 12.6 Å². The molecule has 0 spiro atoms. The molecule has 0 bridgehead atoms. The van der Waals surface area contributed by atoms with E-state index >= 15 is 0 Å². The van der Waals surface area contributed by atoms with Crippen LogP contribution in [0.2, 0.25) is 0 Å². The number of nitrogens with one attached hydrogen (secondary N) is 2. The van der Waals surface area contributed by atoms with Crippen LogP contribution < -0.4 is 10.6 Å². The predicted octanol–water partition coefficient (Wildman–Crippen LogP) is 0.893. The number of carbonyl (C=O) groups is 1. The maximum Gasteiger partial charge on any atom is 0.234 e. The predicted molar refractivity (Wildman–Crippen MR) is 94.6 cm³/mol. The summed E-state index contributed by atoms with van der Waals surface area (Å²) in [7, 11) is 1.86. The molecule has 1 saturated carbocycles. The van der Waals surface area contributed by atoms with Crippen molar-refractivity contribution in [3.63, 3.8) is 0 Å². The van der Waals surface area contributed by atoms with Gasteiger partial charge in [0.15, 0.2) is 5.96 Å². The SMILES string of the molecule is CCCC1CC1NC(=NC)N1CCN(CC(=O)NC(C)C)CC1. The van der Waals surface area contributed by atoms with E-state index in [1.54, 1.807) is 0 Å². The molecule has 1 heterocycles. The molecule has 1 amide bonds. The van der Waals surface area contributed by atoms with Crippen LogP contribution in [-0.4, -0.2) is 73.5 Å². The molecule has 2 unspecified atom stereocenters. The van der Waals surface area contributed by atoms with E-state index in [0.717, 1.165) is 38.1 Å². The van der Waals surface area contributed by atoms with Gasteiger partial charge in [0.25, 0.3) is 0 Å². The van der Waals surface area contributed by atoms with Crippen LogP contribution >= 0.6 is 0 Å². The van der Waals surface area contributed by atoms with Crippen molar-refractivity contribution in [2.75, 3.05) is 39.8 Å². The van der Waals surface area contributed by atoms with E-state index in [4.69, 9.17) is 0 Å². The Morgan fingerprint density at radius 2 is 1.96 bits per heavy atom. The number of guanidine groups is 1. The molecule has 132 valence electrons. The molecule has 1 aliphatic heterocycles. The summed E-state index contributed by atoms with van der Waals surface area (Å²) < 4.78 is 0. The Balaban J connectivity index is 1.71. The maximum atomic E-state index is 11.8. The zero-order valence-electron chi connectivity index (χ0n) is 15.1. The second-order valence-corrected chi connectivity index (χ2v) is 7.07. The van der Waals surface area contributed by atoms with Crippen LogP contribution in [0.1, 0.15) is 40.0 Å². The first-order valence-corrected chi connectivity index (χ1v) is 9.03. The Hall–Kier alpha value is -1.30. The molecule has 23 heavy (non-hydrogen) atoms. The number of rotatable bonds is 6. The molecule has 0 aromatic carbocycles. The lowest BCUT2D eigenvalue weighted by molar-refractivity contribution is -0.123. The van der Waals surface area contributed by atoms with Crippen LogP contribution in [0.5, 0.6) is 0 Å².